The third-order valence-electron chi connectivity index (χ3n) is 5.30. The van der Waals surface area contributed by atoms with Gasteiger partial charge in [-0.2, -0.15) is 0 Å². The van der Waals surface area contributed by atoms with Gasteiger partial charge < -0.3 is 16.8 Å². The van der Waals surface area contributed by atoms with Crippen LogP contribution >= 0.6 is 11.3 Å². The lowest BCUT2D eigenvalue weighted by Gasteiger charge is -2.28. The molecule has 9 heteroatoms. The van der Waals surface area contributed by atoms with E-state index in [9.17, 15) is 13.6 Å². The largest absolute Gasteiger partial charge is 0.389 e. The van der Waals surface area contributed by atoms with Gasteiger partial charge in [-0.25, -0.2) is 13.8 Å². The van der Waals surface area contributed by atoms with Gasteiger partial charge in [-0.3, -0.25) is 9.78 Å². The van der Waals surface area contributed by atoms with Crippen LogP contribution in [0.25, 0.3) is 10.6 Å². The molecule has 1 aliphatic carbocycles. The normalized spacial score (nSPS) is 18.9. The zero-order valence-corrected chi connectivity index (χ0v) is 16.9. The van der Waals surface area contributed by atoms with Crippen molar-refractivity contribution in [3.8, 4) is 10.6 Å². The van der Waals surface area contributed by atoms with E-state index in [4.69, 9.17) is 11.5 Å². The van der Waals surface area contributed by atoms with E-state index in [0.717, 1.165) is 54.7 Å². The molecular formula is C21H21F2N5OS. The van der Waals surface area contributed by atoms with Crippen molar-refractivity contribution < 1.29 is 13.6 Å². The highest BCUT2D eigenvalue weighted by Gasteiger charge is 2.25. The second kappa shape index (κ2) is 8.45. The van der Waals surface area contributed by atoms with Gasteiger partial charge in [0.05, 0.1) is 17.4 Å². The molecule has 3 aromatic rings. The molecule has 6 nitrogen and oxygen atoms in total. The van der Waals surface area contributed by atoms with E-state index in [2.05, 4.69) is 15.3 Å². The van der Waals surface area contributed by atoms with Crippen molar-refractivity contribution >= 4 is 27.9 Å². The second-order valence-electron chi connectivity index (χ2n) is 7.37. The van der Waals surface area contributed by atoms with Gasteiger partial charge in [0.1, 0.15) is 21.6 Å². The van der Waals surface area contributed by atoms with Crippen LogP contribution in [0.3, 0.4) is 0 Å². The fourth-order valence-electron chi connectivity index (χ4n) is 3.86. The van der Waals surface area contributed by atoms with Gasteiger partial charge in [-0.05, 0) is 48.9 Å². The van der Waals surface area contributed by atoms with Crippen molar-refractivity contribution in [2.45, 2.75) is 37.6 Å². The lowest BCUT2D eigenvalue weighted by molar-refractivity contribution is 0.102. The van der Waals surface area contributed by atoms with Gasteiger partial charge in [-0.15, -0.1) is 0 Å². The number of rotatable bonds is 4. The molecule has 0 bridgehead atoms. The molecular weight excluding hydrogens is 408 g/mol. The van der Waals surface area contributed by atoms with Gasteiger partial charge in [0.15, 0.2) is 5.69 Å². The molecule has 1 saturated carbocycles. The van der Waals surface area contributed by atoms with E-state index in [1.54, 1.807) is 12.4 Å². The monoisotopic (exact) mass is 429 g/mol. The summed E-state index contributed by atoms with van der Waals surface area (Å²) in [6.07, 6.45) is 7.10. The summed E-state index contributed by atoms with van der Waals surface area (Å²) in [5.41, 5.74) is 13.2. The zero-order chi connectivity index (χ0) is 21.3. The van der Waals surface area contributed by atoms with E-state index in [-0.39, 0.29) is 33.2 Å². The summed E-state index contributed by atoms with van der Waals surface area (Å²) in [6.45, 7) is 0. The number of nitrogen functional groups attached to an aromatic ring is 1. The summed E-state index contributed by atoms with van der Waals surface area (Å²) in [4.78, 5) is 21.1. The summed E-state index contributed by atoms with van der Waals surface area (Å²) < 4.78 is 28.2. The molecule has 1 amide bonds. The smallest absolute Gasteiger partial charge is 0.277 e. The fourth-order valence-corrected chi connectivity index (χ4v) is 4.74. The lowest BCUT2D eigenvalue weighted by atomic mass is 9.81. The maximum Gasteiger partial charge on any atom is 0.277 e. The number of carbonyl (C=O) groups excluding carboxylic acids is 1. The minimum absolute atomic E-state index is 0.0120. The van der Waals surface area contributed by atoms with Crippen LogP contribution < -0.4 is 16.8 Å². The Bertz CT molecular complexity index is 1070. The van der Waals surface area contributed by atoms with Gasteiger partial charge >= 0.3 is 0 Å². The number of pyridine rings is 1. The molecule has 0 saturated heterocycles. The summed E-state index contributed by atoms with van der Waals surface area (Å²) in [6, 6.07) is 5.54. The van der Waals surface area contributed by atoms with Crippen molar-refractivity contribution in [2.75, 3.05) is 11.1 Å². The average Bonchev–Trinajstić information content (AvgIpc) is 3.09. The second-order valence-corrected chi connectivity index (χ2v) is 8.40. The van der Waals surface area contributed by atoms with Crippen LogP contribution in [-0.4, -0.2) is 21.9 Å². The minimum atomic E-state index is -0.765. The number of nitrogens with zero attached hydrogens (tertiary/aromatic N) is 2. The average molecular weight is 429 g/mol. The molecule has 2 atom stereocenters. The third-order valence-corrected chi connectivity index (χ3v) is 6.20. The first-order valence-corrected chi connectivity index (χ1v) is 10.5. The molecule has 4 rings (SSSR count). The lowest BCUT2D eigenvalue weighted by Crippen LogP contribution is -2.27. The summed E-state index contributed by atoms with van der Waals surface area (Å²) in [5, 5.41) is 2.90. The van der Waals surface area contributed by atoms with Crippen molar-refractivity contribution in [3.05, 3.63) is 59.6 Å². The third kappa shape index (κ3) is 4.03. The van der Waals surface area contributed by atoms with Crippen LogP contribution in [0.4, 0.5) is 19.5 Å². The standard InChI is InChI=1S/C21H21F2N5OS/c22-14-5-2-6-15(23)17(14)21-28-18(19(25)30-21)20(29)27-16-10-26-8-7-13(16)11-3-1-4-12(24)9-11/h2,5-8,10-12H,1,3-4,9,24-25H2,(H,27,29). The van der Waals surface area contributed by atoms with Gasteiger partial charge in [0, 0.05) is 12.2 Å². The Morgan fingerprint density at radius 3 is 2.70 bits per heavy atom. The van der Waals surface area contributed by atoms with Crippen molar-refractivity contribution in [2.24, 2.45) is 5.73 Å². The first kappa shape index (κ1) is 20.4. The Balaban J connectivity index is 1.61. The Hall–Kier alpha value is -2.91. The first-order valence-electron chi connectivity index (χ1n) is 9.65. The number of benzene rings is 1. The molecule has 2 aromatic heterocycles. The Labute approximate surface area is 176 Å². The van der Waals surface area contributed by atoms with E-state index in [1.165, 1.54) is 6.07 Å². The molecule has 1 fully saturated rings. The van der Waals surface area contributed by atoms with E-state index < -0.39 is 17.5 Å². The van der Waals surface area contributed by atoms with E-state index in [1.807, 2.05) is 6.07 Å². The highest BCUT2D eigenvalue weighted by atomic mass is 32.1. The number of aromatic nitrogens is 2. The van der Waals surface area contributed by atoms with Gasteiger partial charge in [0.25, 0.3) is 5.91 Å². The molecule has 1 aromatic carbocycles. The highest BCUT2D eigenvalue weighted by molar-refractivity contribution is 7.19. The molecule has 5 N–H and O–H groups in total. The van der Waals surface area contributed by atoms with Crippen LogP contribution in [0.2, 0.25) is 0 Å². The first-order chi connectivity index (χ1) is 14.4. The number of hydrogen-bond donors (Lipinski definition) is 3. The molecule has 0 spiro atoms. The Morgan fingerprint density at radius 1 is 1.20 bits per heavy atom. The van der Waals surface area contributed by atoms with E-state index in [0.29, 0.717) is 5.69 Å². The number of thiazole rings is 1. The summed E-state index contributed by atoms with van der Waals surface area (Å²) >= 11 is 0.861. The number of carbonyl (C=O) groups is 1. The summed E-state index contributed by atoms with van der Waals surface area (Å²) in [5.74, 6) is -1.86. The molecule has 156 valence electrons. The Kier molecular flexibility index (Phi) is 5.74. The summed E-state index contributed by atoms with van der Waals surface area (Å²) in [7, 11) is 0. The maximum atomic E-state index is 14.1. The quantitative estimate of drug-likeness (QED) is 0.573. The number of amides is 1. The Morgan fingerprint density at radius 2 is 1.97 bits per heavy atom. The number of halogens is 2. The molecule has 2 unspecified atom stereocenters. The van der Waals surface area contributed by atoms with Crippen molar-refractivity contribution in [3.63, 3.8) is 0 Å². The predicted octanol–water partition coefficient (Wildman–Crippen LogP) is 4.30. The molecule has 30 heavy (non-hydrogen) atoms. The van der Waals surface area contributed by atoms with Crippen molar-refractivity contribution in [1.29, 1.82) is 0 Å². The van der Waals surface area contributed by atoms with Gasteiger partial charge in [-0.1, -0.05) is 23.8 Å². The molecule has 0 aliphatic heterocycles. The number of nitrogens with one attached hydrogen (secondary N) is 1. The molecule has 1 aliphatic rings. The number of nitrogens with two attached hydrogens (primary N) is 2. The minimum Gasteiger partial charge on any atom is -0.389 e. The molecule has 2 heterocycles. The topological polar surface area (TPSA) is 107 Å². The SMILES string of the molecule is Nc1sc(-c2c(F)cccc2F)nc1C(=O)Nc1cnccc1C1CCCC(N)C1. The zero-order valence-electron chi connectivity index (χ0n) is 16.1. The van der Waals surface area contributed by atoms with Gasteiger partial charge in [0.2, 0.25) is 0 Å². The number of hydrogen-bond acceptors (Lipinski definition) is 6. The number of anilines is 2. The fraction of sp³-hybridized carbons (Fsp3) is 0.286. The highest BCUT2D eigenvalue weighted by Crippen LogP contribution is 2.37. The maximum absolute atomic E-state index is 14.1. The van der Waals surface area contributed by atoms with Crippen LogP contribution in [0.1, 0.15) is 47.7 Å². The van der Waals surface area contributed by atoms with Crippen LogP contribution in [0, 0.1) is 11.6 Å². The van der Waals surface area contributed by atoms with Crippen LogP contribution in [-0.2, 0) is 0 Å². The predicted molar refractivity (Wildman–Crippen MR) is 113 cm³/mol. The van der Waals surface area contributed by atoms with E-state index >= 15 is 0 Å². The van der Waals surface area contributed by atoms with Crippen LogP contribution in [0.15, 0.2) is 36.7 Å². The molecule has 0 radical (unpaired) electrons. The van der Waals surface area contributed by atoms with Crippen LogP contribution in [0.5, 0.6) is 0 Å². The van der Waals surface area contributed by atoms with Crippen molar-refractivity contribution in [1.82, 2.24) is 9.97 Å².